The van der Waals surface area contributed by atoms with Crippen molar-refractivity contribution in [2.24, 2.45) is 29.1 Å². The van der Waals surface area contributed by atoms with E-state index in [9.17, 15) is 9.59 Å². The highest BCUT2D eigenvalue weighted by atomic mass is 16.2. The lowest BCUT2D eigenvalue weighted by Crippen LogP contribution is -2.32. The molecule has 3 unspecified atom stereocenters. The third kappa shape index (κ3) is 5.23. The van der Waals surface area contributed by atoms with E-state index in [-0.39, 0.29) is 11.3 Å². The van der Waals surface area contributed by atoms with E-state index in [1.807, 2.05) is 4.90 Å². The van der Waals surface area contributed by atoms with Gasteiger partial charge in [0.25, 0.3) is 0 Å². The van der Waals surface area contributed by atoms with Crippen molar-refractivity contribution in [2.75, 3.05) is 26.2 Å². The molecule has 26 heavy (non-hydrogen) atoms. The maximum Gasteiger partial charge on any atom is 0.225 e. The molecule has 4 heteroatoms. The second kappa shape index (κ2) is 8.75. The molecule has 2 saturated heterocycles. The van der Waals surface area contributed by atoms with E-state index in [2.05, 4.69) is 46.4 Å². The minimum Gasteiger partial charge on any atom is -0.343 e. The summed E-state index contributed by atoms with van der Waals surface area (Å²) < 4.78 is 0. The molecule has 0 bridgehead atoms. The third-order valence-corrected chi connectivity index (χ3v) is 6.56. The Labute approximate surface area is 160 Å². The number of carbonyl (C=O) groups excluding carboxylic acids is 2. The Balaban J connectivity index is 1.84. The van der Waals surface area contributed by atoms with E-state index >= 15 is 0 Å². The second-order valence-corrected chi connectivity index (χ2v) is 9.81. The van der Waals surface area contributed by atoms with Crippen LogP contribution in [-0.2, 0) is 9.59 Å². The van der Waals surface area contributed by atoms with Crippen molar-refractivity contribution < 1.29 is 9.59 Å². The normalized spacial score (nSPS) is 26.7. The minimum absolute atomic E-state index is 0.219. The molecule has 2 rings (SSSR count). The van der Waals surface area contributed by atoms with Gasteiger partial charge in [-0.15, -0.1) is 0 Å². The molecule has 0 aromatic heterocycles. The summed E-state index contributed by atoms with van der Waals surface area (Å²) in [7, 11) is 0. The number of carbonyl (C=O) groups is 2. The van der Waals surface area contributed by atoms with Crippen LogP contribution in [0, 0.1) is 29.1 Å². The van der Waals surface area contributed by atoms with Crippen molar-refractivity contribution >= 4 is 11.8 Å². The summed E-state index contributed by atoms with van der Waals surface area (Å²) in [5.41, 5.74) is 0.219. The summed E-state index contributed by atoms with van der Waals surface area (Å²) in [6.45, 7) is 16.9. The van der Waals surface area contributed by atoms with Gasteiger partial charge in [0.05, 0.1) is 0 Å². The third-order valence-electron chi connectivity index (χ3n) is 6.56. The monoisotopic (exact) mass is 364 g/mol. The number of hydrogen-bond donors (Lipinski definition) is 0. The SMILES string of the molecule is CCC(C(C)CCN1CC[C@H](CC(C)(C)C)C1=O)C1CC(=O)N(CC)C1. The molecule has 2 amide bonds. The number of likely N-dealkylation sites (tertiary alicyclic amines) is 2. The Morgan fingerprint density at radius 1 is 1.15 bits per heavy atom. The lowest BCUT2D eigenvalue weighted by Gasteiger charge is -2.30. The van der Waals surface area contributed by atoms with Gasteiger partial charge in [0.2, 0.25) is 11.8 Å². The maximum atomic E-state index is 12.7. The zero-order chi connectivity index (χ0) is 19.5. The zero-order valence-corrected chi connectivity index (χ0v) is 17.9. The molecule has 0 saturated carbocycles. The van der Waals surface area contributed by atoms with E-state index in [0.717, 1.165) is 51.9 Å². The average molecular weight is 365 g/mol. The molecule has 4 nitrogen and oxygen atoms in total. The topological polar surface area (TPSA) is 40.6 Å². The van der Waals surface area contributed by atoms with Crippen molar-refractivity contribution in [1.29, 1.82) is 0 Å². The van der Waals surface area contributed by atoms with Crippen molar-refractivity contribution in [2.45, 2.75) is 73.6 Å². The van der Waals surface area contributed by atoms with Crippen LogP contribution < -0.4 is 0 Å². The van der Waals surface area contributed by atoms with Gasteiger partial charge in [-0.1, -0.05) is 41.0 Å². The van der Waals surface area contributed by atoms with Crippen LogP contribution in [0.2, 0.25) is 0 Å². The number of nitrogens with zero attached hydrogens (tertiary/aromatic N) is 2. The van der Waals surface area contributed by atoms with Gasteiger partial charge < -0.3 is 9.80 Å². The molecule has 2 heterocycles. The van der Waals surface area contributed by atoms with Gasteiger partial charge in [0.1, 0.15) is 0 Å². The van der Waals surface area contributed by atoms with Crippen LogP contribution in [0.25, 0.3) is 0 Å². The highest BCUT2D eigenvalue weighted by molar-refractivity contribution is 5.81. The molecule has 0 aromatic carbocycles. The molecule has 2 aliphatic rings. The van der Waals surface area contributed by atoms with Gasteiger partial charge in [-0.2, -0.15) is 0 Å². The van der Waals surface area contributed by atoms with E-state index in [4.69, 9.17) is 0 Å². The molecule has 150 valence electrons. The van der Waals surface area contributed by atoms with Gasteiger partial charge in [-0.05, 0) is 49.4 Å². The van der Waals surface area contributed by atoms with Crippen LogP contribution in [0.15, 0.2) is 0 Å². The lowest BCUT2D eigenvalue weighted by molar-refractivity contribution is -0.132. The Bertz CT molecular complexity index is 497. The van der Waals surface area contributed by atoms with Crippen molar-refractivity contribution in [1.82, 2.24) is 9.80 Å². The Morgan fingerprint density at radius 2 is 1.85 bits per heavy atom. The fourth-order valence-electron chi connectivity index (χ4n) is 5.12. The molecular formula is C22H40N2O2. The van der Waals surface area contributed by atoms with E-state index in [0.29, 0.717) is 36.0 Å². The van der Waals surface area contributed by atoms with Gasteiger partial charge in [0, 0.05) is 38.5 Å². The Hall–Kier alpha value is -1.06. The van der Waals surface area contributed by atoms with Crippen molar-refractivity contribution in [3.63, 3.8) is 0 Å². The van der Waals surface area contributed by atoms with Crippen molar-refractivity contribution in [3.8, 4) is 0 Å². The maximum absolute atomic E-state index is 12.7. The average Bonchev–Trinajstić information content (AvgIpc) is 3.08. The number of hydrogen-bond acceptors (Lipinski definition) is 2. The number of amides is 2. The van der Waals surface area contributed by atoms with Crippen LogP contribution in [-0.4, -0.2) is 47.8 Å². The second-order valence-electron chi connectivity index (χ2n) is 9.81. The first-order valence-electron chi connectivity index (χ1n) is 10.7. The molecule has 0 aliphatic carbocycles. The molecule has 0 N–H and O–H groups in total. The lowest BCUT2D eigenvalue weighted by atomic mass is 9.78. The zero-order valence-electron chi connectivity index (χ0n) is 17.9. The molecular weight excluding hydrogens is 324 g/mol. The summed E-state index contributed by atoms with van der Waals surface area (Å²) in [5.74, 6) is 2.54. The van der Waals surface area contributed by atoms with Crippen LogP contribution in [0.1, 0.15) is 73.6 Å². The highest BCUT2D eigenvalue weighted by Gasteiger charge is 2.37. The summed E-state index contributed by atoms with van der Waals surface area (Å²) in [4.78, 5) is 28.9. The van der Waals surface area contributed by atoms with Crippen LogP contribution >= 0.6 is 0 Å². The molecule has 0 radical (unpaired) electrons. The Morgan fingerprint density at radius 3 is 2.38 bits per heavy atom. The van der Waals surface area contributed by atoms with E-state index in [1.165, 1.54) is 0 Å². The minimum atomic E-state index is 0.219. The Kier molecular flexibility index (Phi) is 7.15. The fraction of sp³-hybridized carbons (Fsp3) is 0.909. The van der Waals surface area contributed by atoms with Crippen LogP contribution in [0.5, 0.6) is 0 Å². The summed E-state index contributed by atoms with van der Waals surface area (Å²) in [6, 6.07) is 0. The summed E-state index contributed by atoms with van der Waals surface area (Å²) >= 11 is 0. The largest absolute Gasteiger partial charge is 0.343 e. The molecule has 2 aliphatic heterocycles. The van der Waals surface area contributed by atoms with Gasteiger partial charge in [-0.3, -0.25) is 9.59 Å². The van der Waals surface area contributed by atoms with E-state index < -0.39 is 0 Å². The predicted octanol–water partition coefficient (Wildman–Crippen LogP) is 4.19. The van der Waals surface area contributed by atoms with Crippen molar-refractivity contribution in [3.05, 3.63) is 0 Å². The first-order valence-corrected chi connectivity index (χ1v) is 10.7. The van der Waals surface area contributed by atoms with Gasteiger partial charge in [0.15, 0.2) is 0 Å². The van der Waals surface area contributed by atoms with Crippen LogP contribution in [0.4, 0.5) is 0 Å². The summed E-state index contributed by atoms with van der Waals surface area (Å²) in [6.07, 6.45) is 4.91. The molecule has 2 fully saturated rings. The highest BCUT2D eigenvalue weighted by Crippen LogP contribution is 2.35. The smallest absolute Gasteiger partial charge is 0.225 e. The quantitative estimate of drug-likeness (QED) is 0.648. The summed E-state index contributed by atoms with van der Waals surface area (Å²) in [5, 5.41) is 0. The van der Waals surface area contributed by atoms with Gasteiger partial charge >= 0.3 is 0 Å². The van der Waals surface area contributed by atoms with E-state index in [1.54, 1.807) is 0 Å². The predicted molar refractivity (Wildman–Crippen MR) is 107 cm³/mol. The molecule has 0 spiro atoms. The first kappa shape index (κ1) is 21.2. The van der Waals surface area contributed by atoms with Gasteiger partial charge in [-0.25, -0.2) is 0 Å². The van der Waals surface area contributed by atoms with Crippen LogP contribution in [0.3, 0.4) is 0 Å². The molecule has 4 atom stereocenters. The standard InChI is InChI=1S/C22H40N2O2/c1-7-19(18-13-20(25)23(8-2)15-18)16(3)9-11-24-12-10-17(21(24)26)14-22(4,5)6/h16-19H,7-15H2,1-6H3/t16?,17-,18?,19?/m1/s1. The molecule has 0 aromatic rings. The fourth-order valence-corrected chi connectivity index (χ4v) is 5.12. The number of rotatable bonds is 8. The first-order chi connectivity index (χ1) is 12.2.